The van der Waals surface area contributed by atoms with Crippen molar-refractivity contribution in [3.63, 3.8) is 0 Å². The fraction of sp³-hybridized carbons (Fsp3) is 1.00. The second kappa shape index (κ2) is 19.0. The topological polar surface area (TPSA) is 0 Å². The van der Waals surface area contributed by atoms with Gasteiger partial charge in [0.05, 0.1) is 26.7 Å². The summed E-state index contributed by atoms with van der Waals surface area (Å²) in [5.74, 6) is 0. The van der Waals surface area contributed by atoms with Crippen LogP contribution in [0.15, 0.2) is 0 Å². The molecule has 0 unspecified atom stereocenters. The highest BCUT2D eigenvalue weighted by molar-refractivity contribution is 4.49. The molecule has 0 radical (unpaired) electrons. The standard InChI is InChI=1S/C21H46N.HI/c1-5-8-9-10-11-12-13-14-15-16-17-18-19-20-21-22(4,6-2)7-3;/h5-21H2,1-4H3;1H/q+1;/p-1. The van der Waals surface area contributed by atoms with Crippen molar-refractivity contribution >= 4 is 0 Å². The zero-order chi connectivity index (χ0) is 16.5. The minimum atomic E-state index is 0. The average Bonchev–Trinajstić information content (AvgIpc) is 2.55. The number of halogens is 1. The molecule has 142 valence electrons. The maximum atomic E-state index is 2.41. The Morgan fingerprint density at radius 3 is 1.09 bits per heavy atom. The Balaban J connectivity index is 0. The van der Waals surface area contributed by atoms with Crippen molar-refractivity contribution in [1.29, 1.82) is 0 Å². The molecule has 0 aromatic heterocycles. The second-order valence-electron chi connectivity index (χ2n) is 7.57. The Morgan fingerprint density at radius 2 is 0.783 bits per heavy atom. The van der Waals surface area contributed by atoms with Gasteiger partial charge in [-0.3, -0.25) is 0 Å². The van der Waals surface area contributed by atoms with Gasteiger partial charge in [0.25, 0.3) is 0 Å². The smallest absolute Gasteiger partial charge is 0.0784 e. The molecule has 0 N–H and O–H groups in total. The van der Waals surface area contributed by atoms with E-state index in [9.17, 15) is 0 Å². The third-order valence-electron chi connectivity index (χ3n) is 5.58. The second-order valence-corrected chi connectivity index (χ2v) is 7.57. The molecule has 0 heterocycles. The van der Waals surface area contributed by atoms with Crippen LogP contribution in [-0.4, -0.2) is 31.2 Å². The summed E-state index contributed by atoms with van der Waals surface area (Å²) in [7, 11) is 2.41. The number of hydrogen-bond donors (Lipinski definition) is 0. The number of nitrogens with zero attached hydrogens (tertiary/aromatic N) is 1. The molecule has 23 heavy (non-hydrogen) atoms. The van der Waals surface area contributed by atoms with E-state index in [2.05, 4.69) is 27.8 Å². The van der Waals surface area contributed by atoms with Crippen molar-refractivity contribution < 1.29 is 28.5 Å². The van der Waals surface area contributed by atoms with Crippen molar-refractivity contribution in [3.8, 4) is 0 Å². The minimum absolute atomic E-state index is 0. The van der Waals surface area contributed by atoms with Crippen molar-refractivity contribution in [2.24, 2.45) is 0 Å². The fourth-order valence-electron chi connectivity index (χ4n) is 3.23. The first-order chi connectivity index (χ1) is 10.7. The lowest BCUT2D eigenvalue weighted by Crippen LogP contribution is -3.00. The highest BCUT2D eigenvalue weighted by atomic mass is 127. The predicted octanol–water partition coefficient (Wildman–Crippen LogP) is 3.96. The van der Waals surface area contributed by atoms with Crippen LogP contribution in [0.1, 0.15) is 111 Å². The summed E-state index contributed by atoms with van der Waals surface area (Å²) in [6, 6.07) is 0. The first-order valence-corrected chi connectivity index (χ1v) is 10.5. The van der Waals surface area contributed by atoms with E-state index in [0.717, 1.165) is 0 Å². The van der Waals surface area contributed by atoms with Gasteiger partial charge in [-0.1, -0.05) is 84.0 Å². The number of unbranched alkanes of at least 4 members (excludes halogenated alkanes) is 13. The summed E-state index contributed by atoms with van der Waals surface area (Å²) in [4.78, 5) is 0. The van der Waals surface area contributed by atoms with Gasteiger partial charge in [-0.2, -0.15) is 0 Å². The zero-order valence-corrected chi connectivity index (χ0v) is 19.0. The van der Waals surface area contributed by atoms with Gasteiger partial charge in [0, 0.05) is 0 Å². The Morgan fingerprint density at radius 1 is 0.478 bits per heavy atom. The molecule has 0 aromatic rings. The number of rotatable bonds is 17. The average molecular weight is 440 g/mol. The van der Waals surface area contributed by atoms with E-state index in [-0.39, 0.29) is 24.0 Å². The highest BCUT2D eigenvalue weighted by Gasteiger charge is 2.14. The van der Waals surface area contributed by atoms with E-state index in [4.69, 9.17) is 0 Å². The Kier molecular flexibility index (Phi) is 21.4. The highest BCUT2D eigenvalue weighted by Crippen LogP contribution is 2.13. The molecule has 0 aromatic carbocycles. The Labute approximate surface area is 165 Å². The molecule has 0 aliphatic carbocycles. The Bertz CT molecular complexity index is 214. The van der Waals surface area contributed by atoms with Crippen LogP contribution in [0.5, 0.6) is 0 Å². The van der Waals surface area contributed by atoms with Crippen LogP contribution < -0.4 is 24.0 Å². The fourth-order valence-corrected chi connectivity index (χ4v) is 3.23. The molecule has 0 aliphatic heterocycles. The molecule has 0 rings (SSSR count). The van der Waals surface area contributed by atoms with Gasteiger partial charge in [0.2, 0.25) is 0 Å². The van der Waals surface area contributed by atoms with E-state index in [1.165, 1.54) is 114 Å². The van der Waals surface area contributed by atoms with E-state index in [1.54, 1.807) is 0 Å². The maximum Gasteiger partial charge on any atom is 0.0784 e. The summed E-state index contributed by atoms with van der Waals surface area (Å²) < 4.78 is 1.26. The summed E-state index contributed by atoms with van der Waals surface area (Å²) in [5.41, 5.74) is 0. The lowest BCUT2D eigenvalue weighted by molar-refractivity contribution is -0.906. The van der Waals surface area contributed by atoms with Crippen molar-refractivity contribution in [2.45, 2.75) is 111 Å². The molecular formula is C21H46IN. The van der Waals surface area contributed by atoms with Crippen LogP contribution in [0.2, 0.25) is 0 Å². The van der Waals surface area contributed by atoms with Gasteiger partial charge >= 0.3 is 0 Å². The first kappa shape index (κ1) is 25.9. The molecule has 0 aliphatic rings. The number of hydrogen-bond acceptors (Lipinski definition) is 0. The van der Waals surface area contributed by atoms with Gasteiger partial charge in [-0.05, 0) is 26.7 Å². The molecule has 0 amide bonds. The van der Waals surface area contributed by atoms with Crippen LogP contribution in [0.3, 0.4) is 0 Å². The molecule has 0 saturated heterocycles. The summed E-state index contributed by atoms with van der Waals surface area (Å²) in [6.07, 6.45) is 20.4. The lowest BCUT2D eigenvalue weighted by Gasteiger charge is -2.32. The minimum Gasteiger partial charge on any atom is -1.00 e. The molecule has 1 nitrogen and oxygen atoms in total. The third kappa shape index (κ3) is 17.3. The largest absolute Gasteiger partial charge is 1.00 e. The van der Waals surface area contributed by atoms with Crippen LogP contribution in [0.4, 0.5) is 0 Å². The molecule has 0 atom stereocenters. The Hall–Kier alpha value is 0.690. The van der Waals surface area contributed by atoms with Gasteiger partial charge in [0.1, 0.15) is 0 Å². The van der Waals surface area contributed by atoms with E-state index < -0.39 is 0 Å². The SMILES string of the molecule is CCCCCCCCCCCCCCCC[N+](C)(CC)CC.[I-]. The first-order valence-electron chi connectivity index (χ1n) is 10.5. The van der Waals surface area contributed by atoms with Crippen molar-refractivity contribution in [3.05, 3.63) is 0 Å². The molecule has 0 spiro atoms. The van der Waals surface area contributed by atoms with E-state index in [0.29, 0.717) is 0 Å². The third-order valence-corrected chi connectivity index (χ3v) is 5.58. The predicted molar refractivity (Wildman–Crippen MR) is 102 cm³/mol. The monoisotopic (exact) mass is 439 g/mol. The van der Waals surface area contributed by atoms with Gasteiger partial charge in [0.15, 0.2) is 0 Å². The number of quaternary nitrogens is 1. The van der Waals surface area contributed by atoms with Crippen molar-refractivity contribution in [2.75, 3.05) is 26.7 Å². The van der Waals surface area contributed by atoms with E-state index in [1.807, 2.05) is 0 Å². The van der Waals surface area contributed by atoms with Gasteiger partial charge in [-0.25, -0.2) is 0 Å². The van der Waals surface area contributed by atoms with Crippen LogP contribution in [0.25, 0.3) is 0 Å². The molecule has 2 heteroatoms. The van der Waals surface area contributed by atoms with E-state index >= 15 is 0 Å². The molecule has 0 saturated carbocycles. The summed E-state index contributed by atoms with van der Waals surface area (Å²) in [5, 5.41) is 0. The normalized spacial score (nSPS) is 11.5. The van der Waals surface area contributed by atoms with Gasteiger partial charge < -0.3 is 28.5 Å². The van der Waals surface area contributed by atoms with Gasteiger partial charge in [-0.15, -0.1) is 0 Å². The quantitative estimate of drug-likeness (QED) is 0.183. The molecule has 0 bridgehead atoms. The van der Waals surface area contributed by atoms with Crippen LogP contribution in [-0.2, 0) is 0 Å². The lowest BCUT2D eigenvalue weighted by atomic mass is 10.0. The molecule has 0 fully saturated rings. The van der Waals surface area contributed by atoms with Crippen molar-refractivity contribution in [1.82, 2.24) is 0 Å². The summed E-state index contributed by atoms with van der Waals surface area (Å²) >= 11 is 0. The van der Waals surface area contributed by atoms with Crippen LogP contribution >= 0.6 is 0 Å². The zero-order valence-electron chi connectivity index (χ0n) is 16.8. The van der Waals surface area contributed by atoms with Crippen LogP contribution in [0, 0.1) is 0 Å². The molecular weight excluding hydrogens is 393 g/mol. The maximum absolute atomic E-state index is 2.41. The summed E-state index contributed by atoms with van der Waals surface area (Å²) in [6.45, 7) is 10.9.